The highest BCUT2D eigenvalue weighted by molar-refractivity contribution is 8.00. The number of rotatable bonds is 5. The van der Waals surface area contributed by atoms with Crippen molar-refractivity contribution in [3.8, 4) is 5.69 Å². The quantitative estimate of drug-likeness (QED) is 0.277. The lowest BCUT2D eigenvalue weighted by atomic mass is 10.1. The summed E-state index contributed by atoms with van der Waals surface area (Å²) in [6.07, 6.45) is 1.41. The first-order chi connectivity index (χ1) is 15.8. The van der Waals surface area contributed by atoms with E-state index in [1.165, 1.54) is 24.0 Å². The van der Waals surface area contributed by atoms with E-state index in [4.69, 9.17) is 28.2 Å². The Kier molecular flexibility index (Phi) is 6.74. The third-order valence-electron chi connectivity index (χ3n) is 5.26. The standard InChI is InChI=1S/C24H20Cl2N4O2S/c1-13-7-6-10-20(14(13)2)30-23(32)17-8-4-5-9-19(17)28-24(30)33-15(3)22(31)29-21-18(26)11-16(25)12-27-21/h4-12,15H,1-3H3,(H,27,29,31). The van der Waals surface area contributed by atoms with E-state index in [1.807, 2.05) is 44.2 Å². The van der Waals surface area contributed by atoms with Crippen LogP contribution in [0.2, 0.25) is 10.0 Å². The number of hydrogen-bond donors (Lipinski definition) is 1. The molecule has 4 rings (SSSR count). The van der Waals surface area contributed by atoms with Gasteiger partial charge in [0.25, 0.3) is 5.56 Å². The number of hydrogen-bond acceptors (Lipinski definition) is 5. The van der Waals surface area contributed by atoms with Crippen LogP contribution in [0.5, 0.6) is 0 Å². The number of aromatic nitrogens is 3. The maximum atomic E-state index is 13.5. The summed E-state index contributed by atoms with van der Waals surface area (Å²) in [5.74, 6) is -0.108. The second-order valence-corrected chi connectivity index (χ2v) is 9.66. The minimum atomic E-state index is -0.594. The lowest BCUT2D eigenvalue weighted by Crippen LogP contribution is -2.27. The van der Waals surface area contributed by atoms with Crippen LogP contribution in [0.1, 0.15) is 18.1 Å². The summed E-state index contributed by atoms with van der Waals surface area (Å²) in [7, 11) is 0. The zero-order valence-corrected chi connectivity index (χ0v) is 20.4. The van der Waals surface area contributed by atoms with E-state index >= 15 is 0 Å². The normalized spacial score (nSPS) is 12.0. The Morgan fingerprint density at radius 2 is 1.88 bits per heavy atom. The van der Waals surface area contributed by atoms with Gasteiger partial charge in [-0.25, -0.2) is 9.97 Å². The molecular weight excluding hydrogens is 479 g/mol. The molecule has 1 amide bonds. The molecular formula is C24H20Cl2N4O2S. The molecule has 0 bridgehead atoms. The van der Waals surface area contributed by atoms with Crippen LogP contribution in [-0.4, -0.2) is 25.7 Å². The zero-order valence-electron chi connectivity index (χ0n) is 18.1. The Labute approximate surface area is 205 Å². The van der Waals surface area contributed by atoms with Crippen molar-refractivity contribution in [2.24, 2.45) is 0 Å². The Morgan fingerprint density at radius 3 is 2.64 bits per heavy atom. The maximum Gasteiger partial charge on any atom is 0.266 e. The average molecular weight is 499 g/mol. The number of nitrogens with zero attached hydrogens (tertiary/aromatic N) is 3. The van der Waals surface area contributed by atoms with Crippen molar-refractivity contribution in [2.45, 2.75) is 31.2 Å². The summed E-state index contributed by atoms with van der Waals surface area (Å²) in [6, 6.07) is 14.5. The fraction of sp³-hybridized carbons (Fsp3) is 0.167. The maximum absolute atomic E-state index is 13.5. The van der Waals surface area contributed by atoms with Gasteiger partial charge in [0.05, 0.1) is 31.9 Å². The van der Waals surface area contributed by atoms with Gasteiger partial charge in [-0.05, 0) is 56.2 Å². The highest BCUT2D eigenvalue weighted by Crippen LogP contribution is 2.29. The number of nitrogens with one attached hydrogen (secondary N) is 1. The number of fused-ring (bicyclic) bond motifs is 1. The summed E-state index contributed by atoms with van der Waals surface area (Å²) < 4.78 is 1.58. The van der Waals surface area contributed by atoms with Gasteiger partial charge in [-0.15, -0.1) is 0 Å². The molecule has 1 N–H and O–H groups in total. The molecule has 0 fully saturated rings. The number of anilines is 1. The molecule has 0 radical (unpaired) electrons. The molecule has 0 saturated heterocycles. The minimum Gasteiger partial charge on any atom is -0.308 e. The van der Waals surface area contributed by atoms with Gasteiger partial charge in [0, 0.05) is 6.20 Å². The number of thioether (sulfide) groups is 1. The number of benzene rings is 2. The van der Waals surface area contributed by atoms with Crippen LogP contribution in [-0.2, 0) is 4.79 Å². The fourth-order valence-corrected chi connectivity index (χ4v) is 4.67. The Balaban J connectivity index is 1.75. The van der Waals surface area contributed by atoms with Crippen molar-refractivity contribution in [2.75, 3.05) is 5.32 Å². The fourth-order valence-electron chi connectivity index (χ4n) is 3.32. The third kappa shape index (κ3) is 4.76. The molecule has 0 aliphatic heterocycles. The molecule has 2 heterocycles. The van der Waals surface area contributed by atoms with Gasteiger partial charge in [-0.3, -0.25) is 14.2 Å². The van der Waals surface area contributed by atoms with Crippen LogP contribution in [0.15, 0.2) is 64.7 Å². The second kappa shape index (κ2) is 9.55. The summed E-state index contributed by atoms with van der Waals surface area (Å²) in [4.78, 5) is 35.2. The average Bonchev–Trinajstić information content (AvgIpc) is 2.78. The van der Waals surface area contributed by atoms with Crippen LogP contribution >= 0.6 is 35.0 Å². The molecule has 1 atom stereocenters. The molecule has 1 unspecified atom stereocenters. The van der Waals surface area contributed by atoms with E-state index in [2.05, 4.69) is 10.3 Å². The molecule has 9 heteroatoms. The first kappa shape index (κ1) is 23.3. The number of aryl methyl sites for hydroxylation is 1. The predicted molar refractivity (Wildman–Crippen MR) is 135 cm³/mol. The summed E-state index contributed by atoms with van der Waals surface area (Å²) in [6.45, 7) is 5.69. The van der Waals surface area contributed by atoms with Gasteiger partial charge >= 0.3 is 0 Å². The van der Waals surface area contributed by atoms with Crippen LogP contribution in [0.4, 0.5) is 5.82 Å². The molecule has 2 aromatic heterocycles. The van der Waals surface area contributed by atoms with Gasteiger partial charge < -0.3 is 5.32 Å². The monoisotopic (exact) mass is 498 g/mol. The van der Waals surface area contributed by atoms with Crippen LogP contribution in [0, 0.1) is 13.8 Å². The second-order valence-electron chi connectivity index (χ2n) is 7.50. The van der Waals surface area contributed by atoms with Crippen molar-refractivity contribution >= 4 is 57.6 Å². The number of halogens is 2. The lowest BCUT2D eigenvalue weighted by molar-refractivity contribution is -0.115. The van der Waals surface area contributed by atoms with Gasteiger partial charge in [-0.2, -0.15) is 0 Å². The van der Waals surface area contributed by atoms with Crippen LogP contribution in [0.3, 0.4) is 0 Å². The first-order valence-corrected chi connectivity index (χ1v) is 11.8. The zero-order chi connectivity index (χ0) is 23.7. The number of pyridine rings is 1. The van der Waals surface area contributed by atoms with Crippen molar-refractivity contribution in [1.82, 2.24) is 14.5 Å². The molecule has 6 nitrogen and oxygen atoms in total. The number of carbonyl (C=O) groups is 1. The highest BCUT2D eigenvalue weighted by atomic mass is 35.5. The van der Waals surface area contributed by atoms with Crippen molar-refractivity contribution < 1.29 is 4.79 Å². The summed E-state index contributed by atoms with van der Waals surface area (Å²) in [5.41, 5.74) is 3.13. The summed E-state index contributed by atoms with van der Waals surface area (Å²) >= 11 is 13.2. The van der Waals surface area contributed by atoms with Crippen molar-refractivity contribution in [1.29, 1.82) is 0 Å². The SMILES string of the molecule is Cc1cccc(-n2c(SC(C)C(=O)Nc3ncc(Cl)cc3Cl)nc3ccccc3c2=O)c1C. The van der Waals surface area contributed by atoms with E-state index < -0.39 is 5.25 Å². The number of amides is 1. The van der Waals surface area contributed by atoms with Gasteiger partial charge in [0.1, 0.15) is 0 Å². The largest absolute Gasteiger partial charge is 0.308 e. The van der Waals surface area contributed by atoms with E-state index in [0.717, 1.165) is 16.8 Å². The Hall–Kier alpha value is -2.87. The number of para-hydroxylation sites is 1. The topological polar surface area (TPSA) is 76.9 Å². The Bertz CT molecular complexity index is 1440. The molecule has 33 heavy (non-hydrogen) atoms. The molecule has 168 valence electrons. The molecule has 0 spiro atoms. The third-order valence-corrected chi connectivity index (χ3v) is 6.81. The molecule has 0 aliphatic carbocycles. The predicted octanol–water partition coefficient (Wildman–Crippen LogP) is 5.82. The van der Waals surface area contributed by atoms with Gasteiger partial charge in [0.2, 0.25) is 5.91 Å². The van der Waals surface area contributed by atoms with E-state index in [0.29, 0.717) is 21.1 Å². The van der Waals surface area contributed by atoms with Crippen LogP contribution < -0.4 is 10.9 Å². The minimum absolute atomic E-state index is 0.188. The van der Waals surface area contributed by atoms with Gasteiger partial charge in [0.15, 0.2) is 11.0 Å². The first-order valence-electron chi connectivity index (χ1n) is 10.1. The van der Waals surface area contributed by atoms with Crippen molar-refractivity contribution in [3.63, 3.8) is 0 Å². The Morgan fingerprint density at radius 1 is 1.12 bits per heavy atom. The molecule has 4 aromatic rings. The molecule has 2 aromatic carbocycles. The smallest absolute Gasteiger partial charge is 0.266 e. The number of carbonyl (C=O) groups excluding carboxylic acids is 1. The molecule has 0 aliphatic rings. The van der Waals surface area contributed by atoms with E-state index in [9.17, 15) is 9.59 Å². The summed E-state index contributed by atoms with van der Waals surface area (Å²) in [5, 5.41) is 3.66. The van der Waals surface area contributed by atoms with Gasteiger partial charge in [-0.1, -0.05) is 59.2 Å². The lowest BCUT2D eigenvalue weighted by Gasteiger charge is -2.18. The van der Waals surface area contributed by atoms with Crippen LogP contribution in [0.25, 0.3) is 16.6 Å². The molecule has 0 saturated carbocycles. The van der Waals surface area contributed by atoms with E-state index in [-0.39, 0.29) is 22.3 Å². The van der Waals surface area contributed by atoms with Crippen molar-refractivity contribution in [3.05, 3.63) is 86.3 Å². The highest BCUT2D eigenvalue weighted by Gasteiger charge is 2.22. The van der Waals surface area contributed by atoms with E-state index in [1.54, 1.807) is 23.6 Å².